The van der Waals surface area contributed by atoms with Gasteiger partial charge in [-0.25, -0.2) is 4.98 Å². The van der Waals surface area contributed by atoms with Crippen LogP contribution in [0.4, 0.5) is 5.69 Å². The molecule has 0 radical (unpaired) electrons. The van der Waals surface area contributed by atoms with Crippen LogP contribution in [0.25, 0.3) is 0 Å². The van der Waals surface area contributed by atoms with Gasteiger partial charge in [0.15, 0.2) is 6.61 Å². The number of amides is 1. The van der Waals surface area contributed by atoms with Gasteiger partial charge >= 0.3 is 0 Å². The Morgan fingerprint density at radius 1 is 1.40 bits per heavy atom. The zero-order chi connectivity index (χ0) is 14.5. The lowest BCUT2D eigenvalue weighted by Gasteiger charge is -2.05. The Morgan fingerprint density at radius 2 is 2.10 bits per heavy atom. The number of thiazole rings is 1. The molecule has 0 spiro atoms. The number of carbonyl (C=O) groups is 1. The molecule has 102 valence electrons. The molecule has 0 saturated carbocycles. The van der Waals surface area contributed by atoms with Crippen molar-refractivity contribution in [1.82, 2.24) is 4.98 Å². The molecule has 1 amide bonds. The van der Waals surface area contributed by atoms with Gasteiger partial charge < -0.3 is 10.1 Å². The van der Waals surface area contributed by atoms with E-state index in [1.165, 1.54) is 11.3 Å². The van der Waals surface area contributed by atoms with Crippen molar-refractivity contribution in [3.8, 4) is 11.8 Å². The number of aromatic nitrogens is 1. The second kappa shape index (κ2) is 6.17. The smallest absolute Gasteiger partial charge is 0.267 e. The molecule has 0 bridgehead atoms. The number of rotatable bonds is 4. The summed E-state index contributed by atoms with van der Waals surface area (Å²) in [5.41, 5.74) is 1.41. The first-order chi connectivity index (χ1) is 9.60. The molecule has 0 fully saturated rings. The minimum Gasteiger partial charge on any atom is -0.479 e. The average Bonchev–Trinajstić information content (AvgIpc) is 2.77. The summed E-state index contributed by atoms with van der Waals surface area (Å²) < 4.78 is 5.14. The standard InChI is InChI=1S/C14H13N3O2S/c1-9-13(20-10(2)16-9)14(18)17-11-3-5-12(6-4-11)19-8-7-15/h3-6H,8H2,1-2H3,(H,17,18). The molecule has 2 aromatic rings. The van der Waals surface area contributed by atoms with Gasteiger partial charge in [0.25, 0.3) is 5.91 Å². The van der Waals surface area contributed by atoms with E-state index in [1.807, 2.05) is 19.9 Å². The van der Waals surface area contributed by atoms with Gasteiger partial charge in [-0.3, -0.25) is 4.79 Å². The van der Waals surface area contributed by atoms with E-state index in [4.69, 9.17) is 10.00 Å². The number of nitriles is 1. The van der Waals surface area contributed by atoms with Gasteiger partial charge in [0.1, 0.15) is 16.7 Å². The van der Waals surface area contributed by atoms with Crippen molar-refractivity contribution in [3.63, 3.8) is 0 Å². The summed E-state index contributed by atoms with van der Waals surface area (Å²) >= 11 is 1.37. The molecule has 6 heteroatoms. The Balaban J connectivity index is 2.05. The summed E-state index contributed by atoms with van der Waals surface area (Å²) in [4.78, 5) is 16.9. The van der Waals surface area contributed by atoms with Crippen molar-refractivity contribution < 1.29 is 9.53 Å². The molecular weight excluding hydrogens is 274 g/mol. The second-order valence-electron chi connectivity index (χ2n) is 4.07. The number of nitrogens with one attached hydrogen (secondary N) is 1. The minimum absolute atomic E-state index is 0.00500. The third-order valence-corrected chi connectivity index (χ3v) is 3.60. The van der Waals surface area contributed by atoms with Crippen LogP contribution in [0.1, 0.15) is 20.4 Å². The predicted molar refractivity (Wildman–Crippen MR) is 77.1 cm³/mol. The van der Waals surface area contributed by atoms with Gasteiger partial charge in [-0.1, -0.05) is 0 Å². The highest BCUT2D eigenvalue weighted by Crippen LogP contribution is 2.20. The molecular formula is C14H13N3O2S. The molecule has 5 nitrogen and oxygen atoms in total. The fraction of sp³-hybridized carbons (Fsp3) is 0.214. The molecule has 0 saturated heterocycles. The number of ether oxygens (including phenoxy) is 1. The molecule has 1 heterocycles. The number of carbonyl (C=O) groups excluding carboxylic acids is 1. The molecule has 0 unspecified atom stereocenters. The first-order valence-electron chi connectivity index (χ1n) is 5.95. The molecule has 1 N–H and O–H groups in total. The van der Waals surface area contributed by atoms with E-state index in [0.29, 0.717) is 16.3 Å². The largest absolute Gasteiger partial charge is 0.479 e. The highest BCUT2D eigenvalue weighted by atomic mass is 32.1. The fourth-order valence-electron chi connectivity index (χ4n) is 1.68. The molecule has 2 rings (SSSR count). The van der Waals surface area contributed by atoms with E-state index in [9.17, 15) is 4.79 Å². The van der Waals surface area contributed by atoms with Crippen LogP contribution >= 0.6 is 11.3 Å². The molecule has 20 heavy (non-hydrogen) atoms. The van der Waals surface area contributed by atoms with E-state index in [1.54, 1.807) is 24.3 Å². The number of anilines is 1. The van der Waals surface area contributed by atoms with Gasteiger partial charge in [0.2, 0.25) is 0 Å². The maximum Gasteiger partial charge on any atom is 0.267 e. The SMILES string of the molecule is Cc1nc(C)c(C(=O)Nc2ccc(OCC#N)cc2)s1. The quantitative estimate of drug-likeness (QED) is 0.938. The average molecular weight is 287 g/mol. The predicted octanol–water partition coefficient (Wildman–Crippen LogP) is 2.91. The summed E-state index contributed by atoms with van der Waals surface area (Å²) in [6.07, 6.45) is 0. The van der Waals surface area contributed by atoms with E-state index < -0.39 is 0 Å². The number of nitrogens with zero attached hydrogens (tertiary/aromatic N) is 2. The summed E-state index contributed by atoms with van der Waals surface area (Å²) in [6.45, 7) is 3.69. The van der Waals surface area contributed by atoms with Crippen LogP contribution in [-0.4, -0.2) is 17.5 Å². The number of benzene rings is 1. The Bertz CT molecular complexity index is 656. The van der Waals surface area contributed by atoms with Crippen LogP contribution in [-0.2, 0) is 0 Å². The number of aryl methyl sites for hydroxylation is 2. The Morgan fingerprint density at radius 3 is 2.65 bits per heavy atom. The molecule has 0 atom stereocenters. The van der Waals surface area contributed by atoms with Gasteiger partial charge in [0, 0.05) is 5.69 Å². The van der Waals surface area contributed by atoms with Crippen LogP contribution in [0.15, 0.2) is 24.3 Å². The van der Waals surface area contributed by atoms with E-state index in [-0.39, 0.29) is 12.5 Å². The summed E-state index contributed by atoms with van der Waals surface area (Å²) in [5.74, 6) is 0.424. The van der Waals surface area contributed by atoms with Crippen molar-refractivity contribution >= 4 is 22.9 Å². The van der Waals surface area contributed by atoms with Crippen molar-refractivity contribution in [1.29, 1.82) is 5.26 Å². The first-order valence-corrected chi connectivity index (χ1v) is 6.77. The second-order valence-corrected chi connectivity index (χ2v) is 5.28. The monoisotopic (exact) mass is 287 g/mol. The lowest BCUT2D eigenvalue weighted by molar-refractivity contribution is 0.103. The lowest BCUT2D eigenvalue weighted by atomic mass is 10.3. The van der Waals surface area contributed by atoms with Gasteiger partial charge in [-0.15, -0.1) is 11.3 Å². The maximum atomic E-state index is 12.1. The zero-order valence-electron chi connectivity index (χ0n) is 11.1. The van der Waals surface area contributed by atoms with Crippen molar-refractivity contribution in [2.24, 2.45) is 0 Å². The molecule has 0 aliphatic carbocycles. The van der Waals surface area contributed by atoms with Crippen molar-refractivity contribution in [3.05, 3.63) is 39.8 Å². The Labute approximate surface area is 120 Å². The summed E-state index contributed by atoms with van der Waals surface area (Å²) in [7, 11) is 0. The van der Waals surface area contributed by atoms with Crippen molar-refractivity contribution in [2.45, 2.75) is 13.8 Å². The minimum atomic E-state index is -0.168. The van der Waals surface area contributed by atoms with Crippen LogP contribution in [0.3, 0.4) is 0 Å². The topological polar surface area (TPSA) is 75.0 Å². The number of hydrogen-bond acceptors (Lipinski definition) is 5. The lowest BCUT2D eigenvalue weighted by Crippen LogP contribution is -2.11. The third kappa shape index (κ3) is 3.33. The van der Waals surface area contributed by atoms with Crippen LogP contribution < -0.4 is 10.1 Å². The zero-order valence-corrected chi connectivity index (χ0v) is 12.0. The molecule has 1 aromatic heterocycles. The Hall–Kier alpha value is -2.39. The highest BCUT2D eigenvalue weighted by molar-refractivity contribution is 7.13. The van der Waals surface area contributed by atoms with E-state index in [0.717, 1.165) is 10.7 Å². The van der Waals surface area contributed by atoms with Crippen LogP contribution in [0, 0.1) is 25.2 Å². The molecule has 0 aliphatic rings. The summed E-state index contributed by atoms with van der Waals surface area (Å²) in [5, 5.41) is 12.1. The Kier molecular flexibility index (Phi) is 4.33. The highest BCUT2D eigenvalue weighted by Gasteiger charge is 2.13. The van der Waals surface area contributed by atoms with Gasteiger partial charge in [0.05, 0.1) is 10.7 Å². The van der Waals surface area contributed by atoms with Gasteiger partial charge in [-0.2, -0.15) is 5.26 Å². The van der Waals surface area contributed by atoms with E-state index >= 15 is 0 Å². The molecule has 0 aliphatic heterocycles. The van der Waals surface area contributed by atoms with Gasteiger partial charge in [-0.05, 0) is 38.1 Å². The number of hydrogen-bond donors (Lipinski definition) is 1. The third-order valence-electron chi connectivity index (χ3n) is 2.53. The molecule has 1 aromatic carbocycles. The maximum absolute atomic E-state index is 12.1. The first kappa shape index (κ1) is 14.0. The fourth-order valence-corrected chi connectivity index (χ4v) is 2.50. The van der Waals surface area contributed by atoms with Crippen LogP contribution in [0.5, 0.6) is 5.75 Å². The van der Waals surface area contributed by atoms with Crippen molar-refractivity contribution in [2.75, 3.05) is 11.9 Å². The van der Waals surface area contributed by atoms with E-state index in [2.05, 4.69) is 10.3 Å². The normalized spacial score (nSPS) is 9.85. The summed E-state index contributed by atoms with van der Waals surface area (Å²) in [6, 6.07) is 8.77. The van der Waals surface area contributed by atoms with Crippen LogP contribution in [0.2, 0.25) is 0 Å².